The van der Waals surface area contributed by atoms with Crippen LogP contribution in [0.2, 0.25) is 0 Å². The Morgan fingerprint density at radius 2 is 0.779 bits per heavy atom. The Balaban J connectivity index is 0.872. The van der Waals surface area contributed by atoms with Crippen LogP contribution < -0.4 is 0 Å². The second-order valence-electron chi connectivity index (χ2n) is 17.0. The number of thiophene rings is 1. The molecule has 0 N–H and O–H groups in total. The van der Waals surface area contributed by atoms with Crippen LogP contribution in [0.5, 0.6) is 0 Å². The molecule has 9 aromatic carbocycles. The van der Waals surface area contributed by atoms with Gasteiger partial charge in [-0.15, -0.1) is 11.3 Å². The predicted octanol–water partition coefficient (Wildman–Crippen LogP) is 16.4. The lowest BCUT2D eigenvalue weighted by molar-refractivity contribution is 1.07. The van der Waals surface area contributed by atoms with Crippen LogP contribution >= 0.6 is 11.3 Å². The van der Waals surface area contributed by atoms with Crippen LogP contribution in [0.1, 0.15) is 0 Å². The second kappa shape index (κ2) is 16.5. The van der Waals surface area contributed by atoms with E-state index in [1.54, 1.807) is 0 Å². The molecule has 318 valence electrons. The molecule has 0 aliphatic heterocycles. The predicted molar refractivity (Wildman–Crippen MR) is 283 cm³/mol. The van der Waals surface area contributed by atoms with Gasteiger partial charge in [-0.05, 0) is 52.6 Å². The third kappa shape index (κ3) is 6.86. The smallest absolute Gasteiger partial charge is 0.164 e. The van der Waals surface area contributed by atoms with Crippen molar-refractivity contribution in [3.8, 4) is 83.8 Å². The summed E-state index contributed by atoms with van der Waals surface area (Å²) >= 11 is 1.83. The lowest BCUT2D eigenvalue weighted by atomic mass is 9.95. The Kier molecular flexibility index (Phi) is 9.62. The van der Waals surface area contributed by atoms with Gasteiger partial charge >= 0.3 is 0 Å². The van der Waals surface area contributed by atoms with E-state index in [0.717, 1.165) is 66.7 Å². The average molecular weight is 886 g/mol. The van der Waals surface area contributed by atoms with Crippen molar-refractivity contribution in [2.45, 2.75) is 0 Å². The highest BCUT2D eigenvalue weighted by molar-refractivity contribution is 7.23. The van der Waals surface area contributed by atoms with E-state index in [1.165, 1.54) is 42.4 Å². The van der Waals surface area contributed by atoms with E-state index >= 15 is 0 Å². The first-order valence-electron chi connectivity index (χ1n) is 22.8. The SMILES string of the molecule is c1ccc(-c2nc(-c3ccc(-c4ccc(-c5nc6ccccc6c6c(-c7ccccc7)c(-c7ccccc7)sc56)cc4)cc3)nc(-c3cccc(-n4c5ccccc5c5ccccc54)c3)n2)cc1. The van der Waals surface area contributed by atoms with E-state index in [-0.39, 0.29) is 0 Å². The van der Waals surface area contributed by atoms with Crippen molar-refractivity contribution in [2.24, 2.45) is 0 Å². The Bertz CT molecular complexity index is 3940. The van der Waals surface area contributed by atoms with Gasteiger partial charge in [0.25, 0.3) is 0 Å². The van der Waals surface area contributed by atoms with Crippen LogP contribution in [0.15, 0.2) is 237 Å². The maximum atomic E-state index is 5.35. The van der Waals surface area contributed by atoms with E-state index < -0.39 is 0 Å². The van der Waals surface area contributed by atoms with E-state index in [1.807, 2.05) is 41.7 Å². The minimum atomic E-state index is 0.616. The lowest BCUT2D eigenvalue weighted by Crippen LogP contribution is -2.01. The number of hydrogen-bond donors (Lipinski definition) is 0. The molecule has 0 radical (unpaired) electrons. The van der Waals surface area contributed by atoms with Gasteiger partial charge in [0.05, 0.1) is 26.9 Å². The Hall–Kier alpha value is -8.84. The molecule has 0 atom stereocenters. The summed E-state index contributed by atoms with van der Waals surface area (Å²) in [6.45, 7) is 0. The van der Waals surface area contributed by atoms with Crippen molar-refractivity contribution in [1.82, 2.24) is 24.5 Å². The van der Waals surface area contributed by atoms with Gasteiger partial charge in [0.15, 0.2) is 17.5 Å². The van der Waals surface area contributed by atoms with Crippen molar-refractivity contribution in [3.63, 3.8) is 0 Å². The molecule has 0 unspecified atom stereocenters. The molecular weight excluding hydrogens is 847 g/mol. The molecule has 0 saturated heterocycles. The summed E-state index contributed by atoms with van der Waals surface area (Å²) in [6, 6.07) is 83.2. The molecule has 0 aliphatic rings. The number of aromatic nitrogens is 5. The Morgan fingerprint density at radius 1 is 0.324 bits per heavy atom. The van der Waals surface area contributed by atoms with Crippen molar-refractivity contribution >= 4 is 54.1 Å². The van der Waals surface area contributed by atoms with Crippen LogP contribution in [-0.4, -0.2) is 24.5 Å². The van der Waals surface area contributed by atoms with Gasteiger partial charge in [-0.2, -0.15) is 0 Å². The summed E-state index contributed by atoms with van der Waals surface area (Å²) in [5.41, 5.74) is 15.0. The number of pyridine rings is 1. The monoisotopic (exact) mass is 885 g/mol. The zero-order chi connectivity index (χ0) is 45.0. The fraction of sp³-hybridized carbons (Fsp3) is 0. The molecule has 0 bridgehead atoms. The fourth-order valence-corrected chi connectivity index (χ4v) is 11.0. The molecule has 0 saturated carbocycles. The molecule has 4 aromatic heterocycles. The average Bonchev–Trinajstić information content (AvgIpc) is 3.99. The zero-order valence-corrected chi connectivity index (χ0v) is 37.5. The molecule has 5 nitrogen and oxygen atoms in total. The topological polar surface area (TPSA) is 56.5 Å². The summed E-state index contributed by atoms with van der Waals surface area (Å²) in [7, 11) is 0. The molecule has 13 aromatic rings. The van der Waals surface area contributed by atoms with Crippen LogP contribution in [0.4, 0.5) is 0 Å². The summed E-state index contributed by atoms with van der Waals surface area (Å²) in [4.78, 5) is 21.9. The maximum Gasteiger partial charge on any atom is 0.164 e. The fourth-order valence-electron chi connectivity index (χ4n) is 9.64. The van der Waals surface area contributed by atoms with Crippen molar-refractivity contribution in [3.05, 3.63) is 237 Å². The quantitative estimate of drug-likeness (QED) is 0.153. The largest absolute Gasteiger partial charge is 0.309 e. The van der Waals surface area contributed by atoms with Gasteiger partial charge in [-0.25, -0.2) is 19.9 Å². The van der Waals surface area contributed by atoms with E-state index in [4.69, 9.17) is 19.9 Å². The molecule has 0 aliphatic carbocycles. The van der Waals surface area contributed by atoms with Gasteiger partial charge in [0, 0.05) is 59.9 Å². The van der Waals surface area contributed by atoms with E-state index in [2.05, 4.69) is 211 Å². The van der Waals surface area contributed by atoms with Gasteiger partial charge in [0.1, 0.15) is 0 Å². The number of hydrogen-bond acceptors (Lipinski definition) is 5. The van der Waals surface area contributed by atoms with Crippen LogP contribution in [0.3, 0.4) is 0 Å². The Labute approximate surface area is 397 Å². The molecular formula is C62H39N5S. The minimum absolute atomic E-state index is 0.616. The highest BCUT2D eigenvalue weighted by Gasteiger charge is 2.22. The maximum absolute atomic E-state index is 5.35. The number of fused-ring (bicyclic) bond motifs is 6. The first-order valence-corrected chi connectivity index (χ1v) is 23.6. The summed E-state index contributed by atoms with van der Waals surface area (Å²) < 4.78 is 3.51. The Morgan fingerprint density at radius 3 is 1.40 bits per heavy atom. The molecule has 0 spiro atoms. The van der Waals surface area contributed by atoms with Gasteiger partial charge in [-0.3, -0.25) is 0 Å². The van der Waals surface area contributed by atoms with Crippen LogP contribution in [-0.2, 0) is 0 Å². The number of para-hydroxylation sites is 3. The molecule has 13 rings (SSSR count). The number of rotatable bonds is 8. The minimum Gasteiger partial charge on any atom is -0.309 e. The van der Waals surface area contributed by atoms with Crippen LogP contribution in [0, 0.1) is 0 Å². The standard InChI is InChI=1S/C62H39N5S/c1-4-17-42(18-5-1)55-56-51-27-10-13-28-52(51)63-57(59(56)68-58(55)44-19-6-2-7-20-44)43-35-31-40(32-36-43)41-33-37-46(38-34-41)61-64-60(45-21-8-3-9-22-45)65-62(66-61)47-23-16-24-48(39-47)67-53-29-14-11-25-49(53)50-26-12-15-30-54(50)67/h1-39H. The normalized spacial score (nSPS) is 11.5. The van der Waals surface area contributed by atoms with Crippen molar-refractivity contribution in [1.29, 1.82) is 0 Å². The summed E-state index contributed by atoms with van der Waals surface area (Å²) in [5, 5.41) is 4.85. The molecule has 4 heterocycles. The lowest BCUT2D eigenvalue weighted by Gasteiger charge is -2.12. The van der Waals surface area contributed by atoms with Crippen molar-refractivity contribution in [2.75, 3.05) is 0 Å². The van der Waals surface area contributed by atoms with Crippen molar-refractivity contribution < 1.29 is 0 Å². The van der Waals surface area contributed by atoms with E-state index in [0.29, 0.717) is 17.5 Å². The molecule has 0 amide bonds. The van der Waals surface area contributed by atoms with E-state index in [9.17, 15) is 0 Å². The summed E-state index contributed by atoms with van der Waals surface area (Å²) in [5.74, 6) is 1.86. The first-order chi connectivity index (χ1) is 33.7. The van der Waals surface area contributed by atoms with Gasteiger partial charge < -0.3 is 4.57 Å². The highest BCUT2D eigenvalue weighted by Crippen LogP contribution is 2.50. The zero-order valence-electron chi connectivity index (χ0n) is 36.7. The van der Waals surface area contributed by atoms with Gasteiger partial charge in [-0.1, -0.05) is 206 Å². The molecule has 6 heteroatoms. The third-order valence-electron chi connectivity index (χ3n) is 12.9. The highest BCUT2D eigenvalue weighted by atomic mass is 32.1. The molecule has 0 fully saturated rings. The van der Waals surface area contributed by atoms with Crippen LogP contribution in [0.25, 0.3) is 127 Å². The second-order valence-corrected chi connectivity index (χ2v) is 18.0. The number of benzene rings is 9. The van der Waals surface area contributed by atoms with Gasteiger partial charge in [0.2, 0.25) is 0 Å². The number of nitrogens with zero attached hydrogens (tertiary/aromatic N) is 5. The third-order valence-corrected chi connectivity index (χ3v) is 14.1. The molecule has 68 heavy (non-hydrogen) atoms. The first kappa shape index (κ1) is 39.5. The summed E-state index contributed by atoms with van der Waals surface area (Å²) in [6.07, 6.45) is 0.